The summed E-state index contributed by atoms with van der Waals surface area (Å²) < 4.78 is 9.72. The second-order valence-corrected chi connectivity index (χ2v) is 26.6. The summed E-state index contributed by atoms with van der Waals surface area (Å²) in [5, 5.41) is 29.8. The van der Waals surface area contributed by atoms with Crippen LogP contribution in [0.4, 0.5) is 0 Å². The summed E-state index contributed by atoms with van der Waals surface area (Å²) in [6.07, 6.45) is 1.97. The molecule has 0 unspecified atom stereocenters. The zero-order chi connectivity index (χ0) is 65.2. The molecular formula is C90H48N10. The number of para-hydroxylation sites is 5. The van der Waals surface area contributed by atoms with Crippen LogP contribution in [0.3, 0.4) is 0 Å². The van der Waals surface area contributed by atoms with E-state index in [0.29, 0.717) is 17.2 Å². The molecule has 0 spiro atoms. The Hall–Kier alpha value is -13.9. The molecule has 0 amide bonds. The van der Waals surface area contributed by atoms with Crippen LogP contribution in [0.2, 0.25) is 0 Å². The first-order valence-corrected chi connectivity index (χ1v) is 33.8. The Balaban J connectivity index is 0.744. The Morgan fingerprint density at radius 2 is 0.740 bits per heavy atom. The van der Waals surface area contributed by atoms with Gasteiger partial charge in [0, 0.05) is 104 Å². The number of hydrogen-bond acceptors (Lipinski definition) is 6. The van der Waals surface area contributed by atoms with Crippen molar-refractivity contribution < 1.29 is 0 Å². The van der Waals surface area contributed by atoms with Crippen LogP contribution in [-0.4, -0.2) is 42.9 Å². The highest BCUT2D eigenvalue weighted by Gasteiger charge is 2.30. The molecule has 0 aliphatic carbocycles. The molecule has 14 aromatic carbocycles. The van der Waals surface area contributed by atoms with E-state index in [-0.39, 0.29) is 0 Å². The zero-order valence-corrected chi connectivity index (χ0v) is 53.2. The number of nitriles is 1. The van der Waals surface area contributed by atoms with Crippen LogP contribution in [0.15, 0.2) is 291 Å². The molecule has 9 aromatic heterocycles. The Morgan fingerprint density at radius 1 is 0.280 bits per heavy atom. The van der Waals surface area contributed by atoms with Gasteiger partial charge in [0.25, 0.3) is 0 Å². The van der Waals surface area contributed by atoms with Gasteiger partial charge in [-0.2, -0.15) is 10.2 Å². The van der Waals surface area contributed by atoms with Crippen LogP contribution in [0.25, 0.3) is 220 Å². The van der Waals surface area contributed by atoms with Crippen LogP contribution in [0.5, 0.6) is 0 Å². The van der Waals surface area contributed by atoms with E-state index in [2.05, 4.69) is 255 Å². The summed E-state index contributed by atoms with van der Waals surface area (Å²) in [4.78, 5) is 27.2. The van der Waals surface area contributed by atoms with Gasteiger partial charge in [-0.3, -0.25) is 4.57 Å². The molecule has 0 aliphatic rings. The van der Waals surface area contributed by atoms with Crippen molar-refractivity contribution >= 4 is 163 Å². The third-order valence-corrected chi connectivity index (χ3v) is 21.4. The van der Waals surface area contributed by atoms with Gasteiger partial charge >= 0.3 is 0 Å². The summed E-state index contributed by atoms with van der Waals surface area (Å²) in [6, 6.07) is 104. The molecule has 10 nitrogen and oxygen atoms in total. The third-order valence-electron chi connectivity index (χ3n) is 21.4. The highest BCUT2D eigenvalue weighted by atomic mass is 15.2. The highest BCUT2D eigenvalue weighted by molar-refractivity contribution is 6.39. The van der Waals surface area contributed by atoms with Crippen molar-refractivity contribution in [3.05, 3.63) is 297 Å². The number of fused-ring (bicyclic) bond motifs is 26. The Kier molecular flexibility index (Phi) is 10.5. The number of pyridine rings is 1. The molecule has 458 valence electrons. The summed E-state index contributed by atoms with van der Waals surface area (Å²) in [7, 11) is 0. The summed E-state index contributed by atoms with van der Waals surface area (Å²) >= 11 is 0. The lowest BCUT2D eigenvalue weighted by Crippen LogP contribution is -2.04. The molecule has 23 rings (SSSR count). The van der Waals surface area contributed by atoms with E-state index in [1.165, 1.54) is 81.2 Å². The van der Waals surface area contributed by atoms with E-state index in [0.717, 1.165) is 127 Å². The van der Waals surface area contributed by atoms with Crippen molar-refractivity contribution in [2.24, 2.45) is 0 Å². The van der Waals surface area contributed by atoms with Gasteiger partial charge in [0.1, 0.15) is 0 Å². The fraction of sp³-hybridized carbons (Fsp3) is 0. The van der Waals surface area contributed by atoms with Crippen molar-refractivity contribution in [2.45, 2.75) is 0 Å². The number of nitrogens with zero attached hydrogens (tertiary/aromatic N) is 10. The standard InChI is InChI=1S/C90H48N10/c91-48-50-30-32-54(33-31-50)82-69-45-57(49-92-89(69)96-90(95-82)100-74-29-15-10-24-63(74)67-46-66-62-23-9-14-28-73(62)98-76-42-36-52-17-5-7-21-60(52)79(76)81(86(66)98)88(67)100)56-38-41-75-64(44-56)68-47-65-61-22-8-13-27-72(61)97(85(65)80-78-59-20-6-4-16-51(59)37-43-77(78)99(75)87(68)80)58-39-34-55(35-40-58)84-83(53-18-2-1-3-19-53)93-70-25-11-12-26-71(70)94-84/h1-47,49H. The molecule has 0 atom stereocenters. The largest absolute Gasteiger partial charge is 0.309 e. The molecule has 0 aliphatic heterocycles. The minimum Gasteiger partial charge on any atom is -0.309 e. The Morgan fingerprint density at radius 3 is 1.37 bits per heavy atom. The van der Waals surface area contributed by atoms with Crippen molar-refractivity contribution in [1.29, 1.82) is 5.26 Å². The van der Waals surface area contributed by atoms with E-state index >= 15 is 0 Å². The number of aromatic nitrogens is 9. The molecule has 100 heavy (non-hydrogen) atoms. The molecule has 0 saturated heterocycles. The van der Waals surface area contributed by atoms with Gasteiger partial charge in [-0.25, -0.2) is 19.9 Å². The minimum absolute atomic E-state index is 0.510. The Labute approximate surface area is 567 Å². The van der Waals surface area contributed by atoms with E-state index in [9.17, 15) is 5.26 Å². The maximum Gasteiger partial charge on any atom is 0.237 e. The predicted octanol–water partition coefficient (Wildman–Crippen LogP) is 22.3. The van der Waals surface area contributed by atoms with Crippen molar-refractivity contribution in [2.75, 3.05) is 0 Å². The SMILES string of the molecule is N#Cc1ccc(-c2nc(-n3c4ccccc4c4cc5c6ccccc6n6c7ccc8ccccc8c7c(c43)c56)nc3ncc(-c4ccc5c(c4)c4cc6c7ccccc7n(-c7ccc(-c8nc9ccccc9nc8-c8ccccc8)cc7)c6c6c7c8ccccc8ccc7n5c46)cc23)cc1. The molecular weight excluding hydrogens is 1220 g/mol. The van der Waals surface area contributed by atoms with E-state index < -0.39 is 0 Å². The topological polar surface area (TPSA) is 107 Å². The van der Waals surface area contributed by atoms with Gasteiger partial charge in [0.15, 0.2) is 5.65 Å². The number of rotatable bonds is 6. The average Bonchev–Trinajstić information content (AvgIpc) is 1.52. The summed E-state index contributed by atoms with van der Waals surface area (Å²) in [6.45, 7) is 0. The molecule has 10 heteroatoms. The molecule has 0 radical (unpaired) electrons. The van der Waals surface area contributed by atoms with E-state index in [4.69, 9.17) is 24.9 Å². The second kappa shape index (κ2) is 19.6. The predicted molar refractivity (Wildman–Crippen MR) is 410 cm³/mol. The van der Waals surface area contributed by atoms with Crippen LogP contribution in [0.1, 0.15) is 5.56 Å². The van der Waals surface area contributed by atoms with Gasteiger partial charge in [-0.05, 0) is 124 Å². The summed E-state index contributed by atoms with van der Waals surface area (Å²) in [5.41, 5.74) is 22.4. The van der Waals surface area contributed by atoms with Crippen LogP contribution < -0.4 is 0 Å². The normalized spacial score (nSPS) is 12.4. The monoisotopic (exact) mass is 1270 g/mol. The second-order valence-electron chi connectivity index (χ2n) is 26.6. The first-order chi connectivity index (χ1) is 49.6. The maximum absolute atomic E-state index is 10.1. The molecule has 0 fully saturated rings. The van der Waals surface area contributed by atoms with E-state index in [1.807, 2.05) is 60.8 Å². The first kappa shape index (κ1) is 53.4. The van der Waals surface area contributed by atoms with Gasteiger partial charge in [-0.15, -0.1) is 0 Å². The molecule has 23 aromatic rings. The number of benzene rings is 14. The lowest BCUT2D eigenvalue weighted by atomic mass is 9.98. The Bertz CT molecular complexity index is 7580. The van der Waals surface area contributed by atoms with Crippen LogP contribution in [0, 0.1) is 11.3 Å². The van der Waals surface area contributed by atoms with Crippen LogP contribution >= 0.6 is 0 Å². The molecule has 0 bridgehead atoms. The summed E-state index contributed by atoms with van der Waals surface area (Å²) in [5.74, 6) is 0.510. The third kappa shape index (κ3) is 7.10. The maximum atomic E-state index is 10.1. The smallest absolute Gasteiger partial charge is 0.237 e. The minimum atomic E-state index is 0.510. The quantitative estimate of drug-likeness (QED) is 0.164. The first-order valence-electron chi connectivity index (χ1n) is 33.8. The fourth-order valence-electron chi connectivity index (χ4n) is 17.2. The number of hydrogen-bond donors (Lipinski definition) is 0. The molecule has 9 heterocycles. The van der Waals surface area contributed by atoms with Crippen molar-refractivity contribution in [3.63, 3.8) is 0 Å². The van der Waals surface area contributed by atoms with Gasteiger partial charge in [0.05, 0.1) is 94.9 Å². The average molecular weight is 1270 g/mol. The lowest BCUT2D eigenvalue weighted by molar-refractivity contribution is 1.01. The molecule has 0 saturated carbocycles. The zero-order valence-electron chi connectivity index (χ0n) is 53.2. The van der Waals surface area contributed by atoms with Crippen molar-refractivity contribution in [1.82, 2.24) is 42.9 Å². The van der Waals surface area contributed by atoms with Crippen molar-refractivity contribution in [3.8, 4) is 62.6 Å². The van der Waals surface area contributed by atoms with E-state index in [1.54, 1.807) is 0 Å². The van der Waals surface area contributed by atoms with Crippen LogP contribution in [-0.2, 0) is 0 Å². The van der Waals surface area contributed by atoms with Gasteiger partial charge in [-0.1, -0.05) is 188 Å². The fourth-order valence-corrected chi connectivity index (χ4v) is 17.2. The highest BCUT2D eigenvalue weighted by Crippen LogP contribution is 2.51. The van der Waals surface area contributed by atoms with Gasteiger partial charge in [0.2, 0.25) is 5.95 Å². The van der Waals surface area contributed by atoms with Gasteiger partial charge < -0.3 is 13.4 Å². The lowest BCUT2D eigenvalue weighted by Gasteiger charge is -2.13. The molecule has 0 N–H and O–H groups in total.